The lowest BCUT2D eigenvalue weighted by Crippen LogP contribution is -2.32. The first-order chi connectivity index (χ1) is 12.6. The lowest BCUT2D eigenvalue weighted by Gasteiger charge is -2.21. The molecule has 0 bridgehead atoms. The molecule has 2 amide bonds. The van der Waals surface area contributed by atoms with E-state index < -0.39 is 5.91 Å². The minimum absolute atomic E-state index is 0.0605. The molecule has 0 radical (unpaired) electrons. The van der Waals surface area contributed by atoms with Crippen LogP contribution >= 0.6 is 0 Å². The largest absolute Gasteiger partial charge is 0.395 e. The van der Waals surface area contributed by atoms with Gasteiger partial charge in [-0.3, -0.25) is 9.59 Å². The topological polar surface area (TPSA) is 95.7 Å². The third-order valence-corrected chi connectivity index (χ3v) is 4.08. The van der Waals surface area contributed by atoms with E-state index in [2.05, 4.69) is 22.3 Å². The summed E-state index contributed by atoms with van der Waals surface area (Å²) in [5.74, 6) is -0.611. The van der Waals surface area contributed by atoms with Crippen LogP contribution < -0.4 is 11.1 Å². The van der Waals surface area contributed by atoms with Gasteiger partial charge in [-0.1, -0.05) is 30.3 Å². The molecule has 26 heavy (non-hydrogen) atoms. The Morgan fingerprint density at radius 2 is 1.65 bits per heavy atom. The zero-order valence-corrected chi connectivity index (χ0v) is 14.7. The van der Waals surface area contributed by atoms with Gasteiger partial charge in [-0.15, -0.1) is 0 Å². The minimum Gasteiger partial charge on any atom is -0.395 e. The number of nitrogens with one attached hydrogen (secondary N) is 1. The lowest BCUT2D eigenvalue weighted by molar-refractivity contribution is -0.116. The van der Waals surface area contributed by atoms with E-state index in [1.165, 1.54) is 5.56 Å². The Labute approximate surface area is 153 Å². The fourth-order valence-electron chi connectivity index (χ4n) is 2.61. The molecule has 0 aliphatic carbocycles. The quantitative estimate of drug-likeness (QED) is 0.604. The summed E-state index contributed by atoms with van der Waals surface area (Å²) in [6.07, 6.45) is 1.20. The van der Waals surface area contributed by atoms with Gasteiger partial charge in [-0.2, -0.15) is 0 Å². The van der Waals surface area contributed by atoms with E-state index in [0.717, 1.165) is 13.0 Å². The number of aliphatic hydroxyl groups excluding tert-OH is 1. The number of amides is 2. The summed E-state index contributed by atoms with van der Waals surface area (Å²) in [5, 5.41) is 12.0. The number of anilines is 1. The summed E-state index contributed by atoms with van der Waals surface area (Å²) in [6, 6.07) is 16.6. The number of hydrogen-bond donors (Lipinski definition) is 3. The number of carbonyl (C=O) groups excluding carboxylic acids is 2. The van der Waals surface area contributed by atoms with Crippen molar-refractivity contribution in [1.82, 2.24) is 4.90 Å². The molecule has 2 rings (SSSR count). The van der Waals surface area contributed by atoms with Crippen LogP contribution in [0.15, 0.2) is 54.6 Å². The molecule has 0 fully saturated rings. The number of aliphatic hydroxyl groups is 1. The Balaban J connectivity index is 1.79. The maximum Gasteiger partial charge on any atom is 0.248 e. The molecule has 138 valence electrons. The van der Waals surface area contributed by atoms with E-state index >= 15 is 0 Å². The molecular weight excluding hydrogens is 330 g/mol. The summed E-state index contributed by atoms with van der Waals surface area (Å²) in [7, 11) is 0. The highest BCUT2D eigenvalue weighted by molar-refractivity contribution is 5.94. The molecule has 0 spiro atoms. The molecule has 6 nitrogen and oxygen atoms in total. The van der Waals surface area contributed by atoms with Crippen molar-refractivity contribution in [2.45, 2.75) is 12.8 Å². The molecule has 0 saturated heterocycles. The number of nitrogens with two attached hydrogens (primary N) is 1. The number of hydrogen-bond acceptors (Lipinski definition) is 4. The zero-order valence-electron chi connectivity index (χ0n) is 14.7. The Kier molecular flexibility index (Phi) is 7.79. The SMILES string of the molecule is NC(=O)c1ccc(NC(=O)CCN(CCO)CCc2ccccc2)cc1. The fourth-order valence-corrected chi connectivity index (χ4v) is 2.61. The minimum atomic E-state index is -0.499. The normalized spacial score (nSPS) is 10.7. The van der Waals surface area contributed by atoms with Crippen LogP contribution in [0.5, 0.6) is 0 Å². The van der Waals surface area contributed by atoms with E-state index in [4.69, 9.17) is 5.73 Å². The van der Waals surface area contributed by atoms with E-state index in [0.29, 0.717) is 30.8 Å². The third-order valence-electron chi connectivity index (χ3n) is 4.08. The molecule has 4 N–H and O–H groups in total. The Morgan fingerprint density at radius 1 is 0.962 bits per heavy atom. The van der Waals surface area contributed by atoms with Crippen LogP contribution in [-0.4, -0.2) is 48.1 Å². The molecule has 0 aromatic heterocycles. The molecule has 2 aromatic carbocycles. The monoisotopic (exact) mass is 355 g/mol. The summed E-state index contributed by atoms with van der Waals surface area (Å²) in [5.41, 5.74) is 7.45. The predicted octanol–water partition coefficient (Wildman–Crippen LogP) is 1.65. The molecule has 6 heteroatoms. The summed E-state index contributed by atoms with van der Waals surface area (Å²) < 4.78 is 0. The maximum atomic E-state index is 12.1. The predicted molar refractivity (Wildman–Crippen MR) is 102 cm³/mol. The van der Waals surface area contributed by atoms with E-state index in [1.54, 1.807) is 24.3 Å². The van der Waals surface area contributed by atoms with Gasteiger partial charge in [0.05, 0.1) is 6.61 Å². The highest BCUT2D eigenvalue weighted by Crippen LogP contribution is 2.10. The molecule has 0 heterocycles. The van der Waals surface area contributed by atoms with Crippen LogP contribution in [0.1, 0.15) is 22.3 Å². The highest BCUT2D eigenvalue weighted by Gasteiger charge is 2.09. The van der Waals surface area contributed by atoms with Crippen LogP contribution in [0.2, 0.25) is 0 Å². The van der Waals surface area contributed by atoms with Crippen molar-refractivity contribution < 1.29 is 14.7 Å². The van der Waals surface area contributed by atoms with Crippen LogP contribution in [0, 0.1) is 0 Å². The summed E-state index contributed by atoms with van der Waals surface area (Å²) >= 11 is 0. The maximum absolute atomic E-state index is 12.1. The first-order valence-corrected chi connectivity index (χ1v) is 8.65. The first kappa shape index (κ1) is 19.6. The van der Waals surface area contributed by atoms with Gasteiger partial charge < -0.3 is 21.1 Å². The molecular formula is C20H25N3O3. The number of rotatable bonds is 10. The van der Waals surface area contributed by atoms with Crippen molar-refractivity contribution in [3.63, 3.8) is 0 Å². The lowest BCUT2D eigenvalue weighted by atomic mass is 10.1. The second kappa shape index (κ2) is 10.3. The third kappa shape index (κ3) is 6.66. The second-order valence-corrected chi connectivity index (χ2v) is 6.04. The molecule has 0 aliphatic rings. The Hall–Kier alpha value is -2.70. The standard InChI is InChI=1S/C20H25N3O3/c21-20(26)17-6-8-18(9-7-17)22-19(25)11-13-23(14-15-24)12-10-16-4-2-1-3-5-16/h1-9,24H,10-15H2,(H2,21,26)(H,22,25). The van der Waals surface area contributed by atoms with Gasteiger partial charge >= 0.3 is 0 Å². The first-order valence-electron chi connectivity index (χ1n) is 8.65. The zero-order chi connectivity index (χ0) is 18.8. The summed E-state index contributed by atoms with van der Waals surface area (Å²) in [6.45, 7) is 1.95. The molecule has 0 atom stereocenters. The van der Waals surface area contributed by atoms with Crippen LogP contribution in [0.3, 0.4) is 0 Å². The number of benzene rings is 2. The van der Waals surface area contributed by atoms with Gasteiger partial charge in [0.2, 0.25) is 11.8 Å². The van der Waals surface area contributed by atoms with Crippen molar-refractivity contribution in [3.8, 4) is 0 Å². The number of primary amides is 1. The number of nitrogens with zero attached hydrogens (tertiary/aromatic N) is 1. The number of carbonyl (C=O) groups is 2. The van der Waals surface area contributed by atoms with E-state index in [-0.39, 0.29) is 12.5 Å². The van der Waals surface area contributed by atoms with Gasteiger partial charge in [0.1, 0.15) is 0 Å². The van der Waals surface area contributed by atoms with Crippen molar-refractivity contribution in [2.24, 2.45) is 5.73 Å². The molecule has 0 aliphatic heterocycles. The van der Waals surface area contributed by atoms with Crippen LogP contribution in [0.25, 0.3) is 0 Å². The molecule has 0 saturated carbocycles. The average Bonchev–Trinajstić information content (AvgIpc) is 2.65. The van der Waals surface area contributed by atoms with Gasteiger partial charge in [-0.05, 0) is 36.2 Å². The summed E-state index contributed by atoms with van der Waals surface area (Å²) in [4.78, 5) is 25.2. The molecule has 0 unspecified atom stereocenters. The van der Waals surface area contributed by atoms with Gasteiger partial charge in [-0.25, -0.2) is 0 Å². The van der Waals surface area contributed by atoms with Crippen molar-refractivity contribution in [2.75, 3.05) is 31.6 Å². The van der Waals surface area contributed by atoms with E-state index in [1.807, 2.05) is 18.2 Å². The second-order valence-electron chi connectivity index (χ2n) is 6.04. The molecule has 2 aromatic rings. The smallest absolute Gasteiger partial charge is 0.248 e. The van der Waals surface area contributed by atoms with Crippen molar-refractivity contribution in [1.29, 1.82) is 0 Å². The highest BCUT2D eigenvalue weighted by atomic mass is 16.3. The van der Waals surface area contributed by atoms with Gasteiger partial charge in [0.15, 0.2) is 0 Å². The van der Waals surface area contributed by atoms with E-state index in [9.17, 15) is 14.7 Å². The van der Waals surface area contributed by atoms with Crippen LogP contribution in [-0.2, 0) is 11.2 Å². The Morgan fingerprint density at radius 3 is 2.27 bits per heavy atom. The fraction of sp³-hybridized carbons (Fsp3) is 0.300. The van der Waals surface area contributed by atoms with Gasteiger partial charge in [0, 0.05) is 37.3 Å². The Bertz CT molecular complexity index is 702. The van der Waals surface area contributed by atoms with Gasteiger partial charge in [0.25, 0.3) is 0 Å². The van der Waals surface area contributed by atoms with Crippen LogP contribution in [0.4, 0.5) is 5.69 Å². The average molecular weight is 355 g/mol. The van der Waals surface area contributed by atoms with Crippen molar-refractivity contribution in [3.05, 3.63) is 65.7 Å². The van der Waals surface area contributed by atoms with Crippen molar-refractivity contribution >= 4 is 17.5 Å².